The highest BCUT2D eigenvalue weighted by atomic mass is 16.7. The maximum atomic E-state index is 11.6. The number of carbonyl (C=O) groups is 1. The Bertz CT molecular complexity index is 428. The molecule has 1 aromatic carbocycles. The van der Waals surface area contributed by atoms with Crippen molar-refractivity contribution in [3.63, 3.8) is 0 Å². The van der Waals surface area contributed by atoms with Crippen molar-refractivity contribution in [2.24, 2.45) is 5.73 Å². The fraction of sp³-hybridized carbons (Fsp3) is 0.300. The number of ether oxygens (including phenoxy) is 2. The first-order valence-electron chi connectivity index (χ1n) is 4.48. The highest BCUT2D eigenvalue weighted by Crippen LogP contribution is 2.37. The Morgan fingerprint density at radius 2 is 2.00 bits per heavy atom. The summed E-state index contributed by atoms with van der Waals surface area (Å²) >= 11 is 0. The van der Waals surface area contributed by atoms with E-state index in [-0.39, 0.29) is 12.6 Å². The van der Waals surface area contributed by atoms with Gasteiger partial charge in [-0.1, -0.05) is 0 Å². The van der Waals surface area contributed by atoms with Crippen LogP contribution >= 0.6 is 0 Å². The van der Waals surface area contributed by atoms with E-state index in [1.54, 1.807) is 6.07 Å². The minimum absolute atomic E-state index is 0.00157. The van der Waals surface area contributed by atoms with E-state index in [4.69, 9.17) is 15.2 Å². The zero-order valence-electron chi connectivity index (χ0n) is 7.45. The molecular weight excluding hydrogens is 182 g/mol. The third-order valence-corrected chi connectivity index (χ3v) is 2.64. The number of hydrogen-bond donors (Lipinski definition) is 1. The monoisotopic (exact) mass is 191 g/mol. The minimum Gasteiger partial charge on any atom is -0.454 e. The summed E-state index contributed by atoms with van der Waals surface area (Å²) < 4.78 is 10.4. The first kappa shape index (κ1) is 7.82. The summed E-state index contributed by atoms with van der Waals surface area (Å²) in [6.07, 6.45) is 0.602. The third-order valence-electron chi connectivity index (χ3n) is 2.64. The predicted molar refractivity (Wildman–Crippen MR) is 48.6 cm³/mol. The number of Topliss-reactive ketones (excluding diaryl/α,β-unsaturated/α-hetero) is 1. The van der Waals surface area contributed by atoms with Crippen molar-refractivity contribution >= 4 is 5.78 Å². The topological polar surface area (TPSA) is 61.6 Å². The molecule has 1 unspecified atom stereocenters. The summed E-state index contributed by atoms with van der Waals surface area (Å²) in [5.74, 6) is 1.36. The molecular formula is C10H9NO3. The van der Waals surface area contributed by atoms with Gasteiger partial charge in [-0.05, 0) is 24.1 Å². The van der Waals surface area contributed by atoms with Crippen LogP contribution in [-0.2, 0) is 6.42 Å². The average molecular weight is 191 g/mol. The number of benzene rings is 1. The quantitative estimate of drug-likeness (QED) is 0.648. The van der Waals surface area contributed by atoms with Gasteiger partial charge in [0.2, 0.25) is 6.79 Å². The largest absolute Gasteiger partial charge is 0.454 e. The van der Waals surface area contributed by atoms with Gasteiger partial charge >= 0.3 is 0 Å². The first-order chi connectivity index (χ1) is 6.75. The van der Waals surface area contributed by atoms with Crippen LogP contribution in [0.1, 0.15) is 15.9 Å². The lowest BCUT2D eigenvalue weighted by Gasteiger charge is -1.99. The van der Waals surface area contributed by atoms with Gasteiger partial charge in [0.1, 0.15) is 0 Å². The van der Waals surface area contributed by atoms with E-state index in [2.05, 4.69) is 0 Å². The van der Waals surface area contributed by atoms with Gasteiger partial charge in [-0.2, -0.15) is 0 Å². The van der Waals surface area contributed by atoms with E-state index in [1.807, 2.05) is 6.07 Å². The number of ketones is 1. The molecule has 1 aliphatic heterocycles. The summed E-state index contributed by atoms with van der Waals surface area (Å²) in [7, 11) is 0. The Balaban J connectivity index is 2.17. The maximum Gasteiger partial charge on any atom is 0.231 e. The molecule has 1 aliphatic carbocycles. The minimum atomic E-state index is -0.396. The Labute approximate surface area is 80.6 Å². The molecule has 0 saturated heterocycles. The molecule has 14 heavy (non-hydrogen) atoms. The standard InChI is InChI=1S/C10H9NO3/c11-7-1-5-2-8-9(14-4-13-8)3-6(5)10(7)12/h2-3,7H,1,4,11H2. The van der Waals surface area contributed by atoms with Crippen LogP contribution in [0, 0.1) is 0 Å². The highest BCUT2D eigenvalue weighted by Gasteiger charge is 2.30. The van der Waals surface area contributed by atoms with Gasteiger partial charge in [0.25, 0.3) is 0 Å². The summed E-state index contributed by atoms with van der Waals surface area (Å²) in [6, 6.07) is 3.18. The maximum absolute atomic E-state index is 11.6. The smallest absolute Gasteiger partial charge is 0.231 e. The van der Waals surface area contributed by atoms with E-state index < -0.39 is 6.04 Å². The lowest BCUT2D eigenvalue weighted by Crippen LogP contribution is -2.26. The number of nitrogens with two attached hydrogens (primary N) is 1. The number of hydrogen-bond acceptors (Lipinski definition) is 4. The second-order valence-electron chi connectivity index (χ2n) is 3.54. The molecule has 0 fully saturated rings. The normalized spacial score (nSPS) is 22.6. The molecule has 4 heteroatoms. The Morgan fingerprint density at radius 1 is 1.29 bits per heavy atom. The number of fused-ring (bicyclic) bond motifs is 2. The summed E-state index contributed by atoms with van der Waals surface area (Å²) in [4.78, 5) is 11.6. The van der Waals surface area contributed by atoms with E-state index in [0.29, 0.717) is 23.5 Å². The number of rotatable bonds is 0. The van der Waals surface area contributed by atoms with Crippen LogP contribution in [0.4, 0.5) is 0 Å². The molecule has 0 amide bonds. The molecule has 72 valence electrons. The summed E-state index contributed by atoms with van der Waals surface area (Å²) in [5, 5.41) is 0. The zero-order chi connectivity index (χ0) is 9.71. The van der Waals surface area contributed by atoms with Gasteiger partial charge in [-0.25, -0.2) is 0 Å². The van der Waals surface area contributed by atoms with E-state index in [0.717, 1.165) is 5.56 Å². The molecule has 2 aliphatic rings. The summed E-state index contributed by atoms with van der Waals surface area (Å²) in [6.45, 7) is 0.235. The zero-order valence-corrected chi connectivity index (χ0v) is 7.45. The van der Waals surface area contributed by atoms with Crippen LogP contribution in [0.15, 0.2) is 12.1 Å². The molecule has 0 spiro atoms. The van der Waals surface area contributed by atoms with Gasteiger partial charge < -0.3 is 15.2 Å². The molecule has 1 heterocycles. The van der Waals surface area contributed by atoms with Crippen molar-refractivity contribution in [1.29, 1.82) is 0 Å². The third kappa shape index (κ3) is 0.886. The van der Waals surface area contributed by atoms with Crippen molar-refractivity contribution in [2.75, 3.05) is 6.79 Å². The van der Waals surface area contributed by atoms with Gasteiger partial charge in [-0.15, -0.1) is 0 Å². The molecule has 4 nitrogen and oxygen atoms in total. The average Bonchev–Trinajstić information content (AvgIpc) is 2.70. The predicted octanol–water partition coefficient (Wildman–Crippen LogP) is 0.481. The van der Waals surface area contributed by atoms with Gasteiger partial charge in [-0.3, -0.25) is 4.79 Å². The fourth-order valence-corrected chi connectivity index (χ4v) is 1.91. The van der Waals surface area contributed by atoms with Crippen LogP contribution < -0.4 is 15.2 Å². The van der Waals surface area contributed by atoms with Crippen molar-refractivity contribution in [1.82, 2.24) is 0 Å². The van der Waals surface area contributed by atoms with Crippen molar-refractivity contribution in [3.05, 3.63) is 23.3 Å². The van der Waals surface area contributed by atoms with Crippen molar-refractivity contribution < 1.29 is 14.3 Å². The lowest BCUT2D eigenvalue weighted by molar-refractivity contribution is 0.0974. The lowest BCUT2D eigenvalue weighted by atomic mass is 10.1. The molecule has 1 atom stereocenters. The van der Waals surface area contributed by atoms with Crippen LogP contribution in [0.25, 0.3) is 0 Å². The van der Waals surface area contributed by atoms with E-state index in [9.17, 15) is 4.79 Å². The number of carbonyl (C=O) groups excluding carboxylic acids is 1. The Kier molecular flexibility index (Phi) is 1.39. The van der Waals surface area contributed by atoms with Crippen LogP contribution in [0.5, 0.6) is 11.5 Å². The van der Waals surface area contributed by atoms with Gasteiger partial charge in [0.15, 0.2) is 17.3 Å². The van der Waals surface area contributed by atoms with Crippen LogP contribution in [0.2, 0.25) is 0 Å². The molecule has 0 aromatic heterocycles. The molecule has 0 radical (unpaired) electrons. The van der Waals surface area contributed by atoms with E-state index >= 15 is 0 Å². The van der Waals surface area contributed by atoms with E-state index in [1.165, 1.54) is 0 Å². The van der Waals surface area contributed by atoms with Crippen LogP contribution in [0.3, 0.4) is 0 Å². The highest BCUT2D eigenvalue weighted by molar-refractivity contribution is 6.05. The van der Waals surface area contributed by atoms with Gasteiger partial charge in [0.05, 0.1) is 6.04 Å². The molecule has 1 aromatic rings. The molecule has 3 rings (SSSR count). The van der Waals surface area contributed by atoms with Crippen molar-refractivity contribution in [3.8, 4) is 11.5 Å². The second-order valence-corrected chi connectivity index (χ2v) is 3.54. The fourth-order valence-electron chi connectivity index (χ4n) is 1.91. The Hall–Kier alpha value is -1.55. The van der Waals surface area contributed by atoms with Gasteiger partial charge in [0, 0.05) is 5.56 Å². The molecule has 0 bridgehead atoms. The van der Waals surface area contributed by atoms with Crippen LogP contribution in [-0.4, -0.2) is 18.6 Å². The van der Waals surface area contributed by atoms with Crippen molar-refractivity contribution in [2.45, 2.75) is 12.5 Å². The first-order valence-corrected chi connectivity index (χ1v) is 4.48. The Morgan fingerprint density at radius 3 is 2.79 bits per heavy atom. The SMILES string of the molecule is NC1Cc2cc3c(cc2C1=O)OCO3. The molecule has 0 saturated carbocycles. The molecule has 2 N–H and O–H groups in total. The second kappa shape index (κ2) is 2.48. The summed E-state index contributed by atoms with van der Waals surface area (Å²) in [5.41, 5.74) is 7.30.